The molecule has 0 aliphatic carbocycles. The molecule has 1 aliphatic rings. The minimum atomic E-state index is -4.31. The largest absolute Gasteiger partial charge is 0.416 e. The Bertz CT molecular complexity index is 488. The smallest absolute Gasteiger partial charge is 0.380 e. The van der Waals surface area contributed by atoms with Crippen molar-refractivity contribution in [2.45, 2.75) is 65.3 Å². The van der Waals surface area contributed by atoms with Gasteiger partial charge >= 0.3 is 6.18 Å². The van der Waals surface area contributed by atoms with Crippen LogP contribution in [0.4, 0.5) is 13.2 Å². The Balaban J connectivity index is 0.00000139. The number of ether oxygens (including phenoxy) is 1. The molecule has 0 amide bonds. The van der Waals surface area contributed by atoms with Crippen LogP contribution in [-0.2, 0) is 22.9 Å². The summed E-state index contributed by atoms with van der Waals surface area (Å²) in [4.78, 5) is 2.15. The molecule has 1 aromatic rings. The fraction of sp³-hybridized carbons (Fsp3) is 0.684. The zero-order chi connectivity index (χ0) is 18.5. The number of alkyl halides is 3. The highest BCUT2D eigenvalue weighted by atomic mass is 19.4. The summed E-state index contributed by atoms with van der Waals surface area (Å²) in [6.45, 7) is 12.0. The number of hydrogen-bond donors (Lipinski definition) is 0. The molecule has 1 unspecified atom stereocenters. The van der Waals surface area contributed by atoms with E-state index < -0.39 is 11.7 Å². The molecule has 0 spiro atoms. The quantitative estimate of drug-likeness (QED) is 0.742. The van der Waals surface area contributed by atoms with E-state index in [2.05, 4.69) is 4.90 Å². The minimum Gasteiger partial charge on any atom is -0.380 e. The summed E-state index contributed by atoms with van der Waals surface area (Å²) in [5, 5.41) is 0. The lowest BCUT2D eigenvalue weighted by atomic mass is 9.85. The molecule has 1 heterocycles. The van der Waals surface area contributed by atoms with Gasteiger partial charge in [0.2, 0.25) is 0 Å². The summed E-state index contributed by atoms with van der Waals surface area (Å²) >= 11 is 0. The monoisotopic (exact) mass is 345 g/mol. The van der Waals surface area contributed by atoms with Crippen molar-refractivity contribution in [1.29, 1.82) is 0 Å². The molecule has 1 aromatic carbocycles. The molecule has 1 fully saturated rings. The highest BCUT2D eigenvalue weighted by Crippen LogP contribution is 2.34. The van der Waals surface area contributed by atoms with Crippen LogP contribution < -0.4 is 0 Å². The second-order valence-corrected chi connectivity index (χ2v) is 7.05. The number of hydrogen-bond acceptors (Lipinski definition) is 2. The SMILES string of the molecule is CC.COC1CCN(Cc2cc(C(C)(C)C)cc(C(F)(F)F)c2)C1. The van der Waals surface area contributed by atoms with Crippen LogP contribution in [0.3, 0.4) is 0 Å². The van der Waals surface area contributed by atoms with Gasteiger partial charge in [0.1, 0.15) is 0 Å². The van der Waals surface area contributed by atoms with E-state index in [0.717, 1.165) is 30.6 Å². The second-order valence-electron chi connectivity index (χ2n) is 7.05. The van der Waals surface area contributed by atoms with Crippen molar-refractivity contribution in [2.24, 2.45) is 0 Å². The lowest BCUT2D eigenvalue weighted by Gasteiger charge is -2.23. The molecule has 138 valence electrons. The average Bonchev–Trinajstić information content (AvgIpc) is 2.95. The van der Waals surface area contributed by atoms with Crippen molar-refractivity contribution in [3.05, 3.63) is 34.9 Å². The zero-order valence-corrected chi connectivity index (χ0v) is 15.6. The third kappa shape index (κ3) is 5.78. The standard InChI is InChI=1S/C17H24F3NO.C2H6/c1-16(2,3)13-7-12(8-14(9-13)17(18,19)20)10-21-6-5-15(11-21)22-4;1-2/h7-9,15H,5-6,10-11H2,1-4H3;1-2H3. The predicted molar refractivity (Wildman–Crippen MR) is 92.2 cm³/mol. The summed E-state index contributed by atoms with van der Waals surface area (Å²) in [7, 11) is 1.68. The Kier molecular flexibility index (Phi) is 7.29. The van der Waals surface area contributed by atoms with Gasteiger partial charge in [-0.1, -0.05) is 40.7 Å². The van der Waals surface area contributed by atoms with Gasteiger partial charge in [-0.15, -0.1) is 0 Å². The zero-order valence-electron chi connectivity index (χ0n) is 15.6. The van der Waals surface area contributed by atoms with E-state index in [0.29, 0.717) is 6.54 Å². The first-order valence-corrected chi connectivity index (χ1v) is 8.56. The van der Waals surface area contributed by atoms with Crippen LogP contribution in [0.5, 0.6) is 0 Å². The molecule has 0 aromatic heterocycles. The minimum absolute atomic E-state index is 0.188. The van der Waals surface area contributed by atoms with Gasteiger partial charge in [0.25, 0.3) is 0 Å². The molecule has 1 saturated heterocycles. The number of nitrogens with zero attached hydrogens (tertiary/aromatic N) is 1. The number of halogens is 3. The average molecular weight is 345 g/mol. The van der Waals surface area contributed by atoms with Crippen LogP contribution in [0.25, 0.3) is 0 Å². The van der Waals surface area contributed by atoms with Gasteiger partial charge in [-0.3, -0.25) is 4.90 Å². The Morgan fingerprint density at radius 2 is 1.67 bits per heavy atom. The third-order valence-corrected chi connectivity index (χ3v) is 4.15. The van der Waals surface area contributed by atoms with Crippen molar-refractivity contribution in [1.82, 2.24) is 4.90 Å². The number of rotatable bonds is 3. The first-order chi connectivity index (χ1) is 11.1. The van der Waals surface area contributed by atoms with Crippen LogP contribution in [0.15, 0.2) is 18.2 Å². The molecule has 0 bridgehead atoms. The summed E-state index contributed by atoms with van der Waals surface area (Å²) in [6.07, 6.45) is -3.19. The van der Waals surface area contributed by atoms with Gasteiger partial charge in [-0.05, 0) is 35.1 Å². The van der Waals surface area contributed by atoms with E-state index in [1.54, 1.807) is 7.11 Å². The van der Waals surface area contributed by atoms with E-state index >= 15 is 0 Å². The number of benzene rings is 1. The van der Waals surface area contributed by atoms with Gasteiger partial charge in [-0.2, -0.15) is 13.2 Å². The van der Waals surface area contributed by atoms with Crippen LogP contribution in [0, 0.1) is 0 Å². The van der Waals surface area contributed by atoms with Crippen LogP contribution in [0.2, 0.25) is 0 Å². The number of likely N-dealkylation sites (tertiary alicyclic amines) is 1. The van der Waals surface area contributed by atoms with Gasteiger partial charge in [0, 0.05) is 26.7 Å². The van der Waals surface area contributed by atoms with Crippen LogP contribution >= 0.6 is 0 Å². The molecule has 1 atom stereocenters. The van der Waals surface area contributed by atoms with Gasteiger partial charge in [-0.25, -0.2) is 0 Å². The first kappa shape index (κ1) is 21.0. The van der Waals surface area contributed by atoms with E-state index in [1.807, 2.05) is 40.7 Å². The maximum Gasteiger partial charge on any atom is 0.416 e. The van der Waals surface area contributed by atoms with Crippen LogP contribution in [-0.4, -0.2) is 31.2 Å². The Hall–Kier alpha value is -1.07. The molecule has 1 aliphatic heterocycles. The highest BCUT2D eigenvalue weighted by molar-refractivity contribution is 5.35. The lowest BCUT2D eigenvalue weighted by Crippen LogP contribution is -2.23. The Labute approximate surface area is 144 Å². The van der Waals surface area contributed by atoms with E-state index in [9.17, 15) is 13.2 Å². The molecule has 24 heavy (non-hydrogen) atoms. The lowest BCUT2D eigenvalue weighted by molar-refractivity contribution is -0.137. The summed E-state index contributed by atoms with van der Waals surface area (Å²) in [5.41, 5.74) is 0.574. The fourth-order valence-corrected chi connectivity index (χ4v) is 2.77. The predicted octanol–water partition coefficient (Wildman–Crippen LogP) is 5.25. The molecule has 0 N–H and O–H groups in total. The van der Waals surface area contributed by atoms with Crippen molar-refractivity contribution in [3.8, 4) is 0 Å². The molecule has 2 nitrogen and oxygen atoms in total. The summed E-state index contributed by atoms with van der Waals surface area (Å²) in [6, 6.07) is 4.44. The second kappa shape index (κ2) is 8.34. The maximum absolute atomic E-state index is 13.1. The molecule has 0 saturated carbocycles. The van der Waals surface area contributed by atoms with E-state index in [1.165, 1.54) is 12.1 Å². The molecular weight excluding hydrogens is 315 g/mol. The first-order valence-electron chi connectivity index (χ1n) is 8.56. The van der Waals surface area contributed by atoms with E-state index in [-0.39, 0.29) is 11.5 Å². The molecule has 0 radical (unpaired) electrons. The van der Waals surface area contributed by atoms with Gasteiger partial charge in [0.15, 0.2) is 0 Å². The highest BCUT2D eigenvalue weighted by Gasteiger charge is 2.32. The Morgan fingerprint density at radius 1 is 1.08 bits per heavy atom. The van der Waals surface area contributed by atoms with Crippen molar-refractivity contribution in [2.75, 3.05) is 20.2 Å². The van der Waals surface area contributed by atoms with Gasteiger partial charge in [0.05, 0.1) is 11.7 Å². The molecular formula is C19H30F3NO. The molecule has 2 rings (SSSR count). The normalized spacial score (nSPS) is 19.1. The fourth-order valence-electron chi connectivity index (χ4n) is 2.77. The summed E-state index contributed by atoms with van der Waals surface area (Å²) in [5.74, 6) is 0. The maximum atomic E-state index is 13.1. The van der Waals surface area contributed by atoms with E-state index in [4.69, 9.17) is 4.74 Å². The topological polar surface area (TPSA) is 12.5 Å². The van der Waals surface area contributed by atoms with Crippen molar-refractivity contribution < 1.29 is 17.9 Å². The summed E-state index contributed by atoms with van der Waals surface area (Å²) < 4.78 is 44.7. The third-order valence-electron chi connectivity index (χ3n) is 4.15. The van der Waals surface area contributed by atoms with Gasteiger partial charge < -0.3 is 4.74 Å². The van der Waals surface area contributed by atoms with Crippen molar-refractivity contribution >= 4 is 0 Å². The van der Waals surface area contributed by atoms with Crippen LogP contribution in [0.1, 0.15) is 57.7 Å². The van der Waals surface area contributed by atoms with Crippen molar-refractivity contribution in [3.63, 3.8) is 0 Å². The Morgan fingerprint density at radius 3 is 2.12 bits per heavy atom. The molecule has 5 heteroatoms. The number of methoxy groups -OCH3 is 1.